The van der Waals surface area contributed by atoms with Gasteiger partial charge in [-0.1, -0.05) is 11.6 Å². The summed E-state index contributed by atoms with van der Waals surface area (Å²) < 4.78 is 11.9. The van der Waals surface area contributed by atoms with E-state index < -0.39 is 0 Å². The molecule has 0 spiro atoms. The Morgan fingerprint density at radius 2 is 2.00 bits per heavy atom. The van der Waals surface area contributed by atoms with Crippen LogP contribution in [-0.2, 0) is 17.8 Å². The van der Waals surface area contributed by atoms with Crippen LogP contribution in [-0.4, -0.2) is 34.6 Å². The number of aromatic nitrogens is 3. The number of pyridine rings is 1. The molecule has 0 bridgehead atoms. The van der Waals surface area contributed by atoms with Gasteiger partial charge in [0.1, 0.15) is 17.7 Å². The zero-order chi connectivity index (χ0) is 16.4. The molecule has 3 aromatic heterocycles. The molecule has 0 aliphatic carbocycles. The smallest absolute Gasteiger partial charge is 0.231 e. The average molecular weight is 333 g/mol. The van der Waals surface area contributed by atoms with Crippen LogP contribution in [0.5, 0.6) is 0 Å². The van der Waals surface area contributed by atoms with Gasteiger partial charge in [-0.3, -0.25) is 0 Å². The summed E-state index contributed by atoms with van der Waals surface area (Å²) in [5.41, 5.74) is 3.75. The van der Waals surface area contributed by atoms with E-state index in [1.165, 1.54) is 11.9 Å². The third kappa shape index (κ3) is 2.16. The first-order valence-electron chi connectivity index (χ1n) is 7.43. The van der Waals surface area contributed by atoms with Gasteiger partial charge in [-0.25, -0.2) is 9.97 Å². The van der Waals surface area contributed by atoms with E-state index in [0.29, 0.717) is 28.6 Å². The predicted octanol–water partition coefficient (Wildman–Crippen LogP) is 3.34. The van der Waals surface area contributed by atoms with E-state index in [4.69, 9.17) is 20.8 Å². The van der Waals surface area contributed by atoms with Crippen molar-refractivity contribution < 1.29 is 9.15 Å². The zero-order valence-electron chi connectivity index (χ0n) is 13.5. The number of nitrogens with zero attached hydrogens (tertiary/aromatic N) is 4. The Hall–Kier alpha value is -1.92. The van der Waals surface area contributed by atoms with E-state index in [2.05, 4.69) is 28.8 Å². The third-order valence-corrected chi connectivity index (χ3v) is 4.46. The van der Waals surface area contributed by atoms with Gasteiger partial charge < -0.3 is 14.1 Å². The molecule has 0 fully saturated rings. The number of hydrogen-bond donors (Lipinski definition) is 0. The Labute approximate surface area is 138 Å². The first kappa shape index (κ1) is 14.7. The van der Waals surface area contributed by atoms with Crippen molar-refractivity contribution in [2.45, 2.75) is 32.5 Å². The number of ether oxygens (including phenoxy) is 1. The molecule has 6 nitrogen and oxygen atoms in total. The normalized spacial score (nSPS) is 16.7. The maximum absolute atomic E-state index is 6.16. The summed E-state index contributed by atoms with van der Waals surface area (Å²) in [5, 5.41) is 1.22. The molecule has 23 heavy (non-hydrogen) atoms. The van der Waals surface area contributed by atoms with Gasteiger partial charge in [-0.05, 0) is 19.4 Å². The van der Waals surface area contributed by atoms with Gasteiger partial charge in [0.2, 0.25) is 5.71 Å². The van der Waals surface area contributed by atoms with E-state index >= 15 is 0 Å². The first-order chi connectivity index (χ1) is 10.9. The lowest BCUT2D eigenvalue weighted by molar-refractivity contribution is -0.0395. The molecule has 0 amide bonds. The average Bonchev–Trinajstić information content (AvgIpc) is 2.85. The van der Waals surface area contributed by atoms with Crippen LogP contribution in [0.3, 0.4) is 0 Å². The van der Waals surface area contributed by atoms with Gasteiger partial charge in [0.05, 0.1) is 17.6 Å². The molecule has 4 heterocycles. The number of anilines is 1. The van der Waals surface area contributed by atoms with E-state index in [9.17, 15) is 0 Å². The molecule has 4 rings (SSSR count). The molecule has 7 heteroatoms. The largest absolute Gasteiger partial charge is 0.433 e. The highest BCUT2D eigenvalue weighted by Crippen LogP contribution is 2.41. The molecule has 1 aliphatic rings. The highest BCUT2D eigenvalue weighted by atomic mass is 35.5. The molecular formula is C16H17ClN4O2. The molecule has 3 aromatic rings. The van der Waals surface area contributed by atoms with Gasteiger partial charge in [0.25, 0.3) is 0 Å². The molecule has 0 aromatic carbocycles. The molecule has 1 aliphatic heterocycles. The summed E-state index contributed by atoms with van der Waals surface area (Å²) in [6, 6.07) is 0. The lowest BCUT2D eigenvalue weighted by Crippen LogP contribution is -2.33. The van der Waals surface area contributed by atoms with Crippen molar-refractivity contribution >= 4 is 39.6 Å². The van der Waals surface area contributed by atoms with Crippen molar-refractivity contribution in [2.75, 3.05) is 19.0 Å². The van der Waals surface area contributed by atoms with E-state index in [0.717, 1.165) is 23.2 Å². The fourth-order valence-corrected chi connectivity index (χ4v) is 3.30. The molecule has 0 saturated heterocycles. The number of rotatable bonds is 1. The van der Waals surface area contributed by atoms with E-state index in [-0.39, 0.29) is 5.60 Å². The van der Waals surface area contributed by atoms with Crippen LogP contribution in [0.15, 0.2) is 10.7 Å². The highest BCUT2D eigenvalue weighted by Gasteiger charge is 2.32. The van der Waals surface area contributed by atoms with Crippen LogP contribution in [0.25, 0.3) is 22.2 Å². The van der Waals surface area contributed by atoms with Gasteiger partial charge >= 0.3 is 0 Å². The van der Waals surface area contributed by atoms with Gasteiger partial charge in [-0.15, -0.1) is 0 Å². The van der Waals surface area contributed by atoms with Crippen LogP contribution in [0.1, 0.15) is 25.0 Å². The number of halogens is 1. The standard InChI is InChI=1S/C16H17ClN4O2/c1-16(2)5-8-9(6-22-16)14(21(3)4)20-15-10(8)11-12(23-15)13(17)19-7-18-11/h7H,5-6H2,1-4H3. The summed E-state index contributed by atoms with van der Waals surface area (Å²) in [6.45, 7) is 4.69. The molecule has 0 radical (unpaired) electrons. The van der Waals surface area contributed by atoms with Crippen LogP contribution < -0.4 is 4.90 Å². The Kier molecular flexibility index (Phi) is 3.05. The van der Waals surface area contributed by atoms with Crippen LogP contribution in [0.2, 0.25) is 5.15 Å². The molecular weight excluding hydrogens is 316 g/mol. The van der Waals surface area contributed by atoms with Gasteiger partial charge in [0, 0.05) is 26.1 Å². The second-order valence-electron chi connectivity index (χ2n) is 6.64. The zero-order valence-corrected chi connectivity index (χ0v) is 14.2. The summed E-state index contributed by atoms with van der Waals surface area (Å²) in [7, 11) is 3.92. The van der Waals surface area contributed by atoms with Crippen LogP contribution in [0.4, 0.5) is 5.82 Å². The summed E-state index contributed by atoms with van der Waals surface area (Å²) >= 11 is 6.16. The molecule has 0 atom stereocenters. The highest BCUT2D eigenvalue weighted by molar-refractivity contribution is 6.34. The van der Waals surface area contributed by atoms with Crippen LogP contribution in [0, 0.1) is 0 Å². The second-order valence-corrected chi connectivity index (χ2v) is 6.99. The van der Waals surface area contributed by atoms with Crippen molar-refractivity contribution in [1.82, 2.24) is 15.0 Å². The van der Waals surface area contributed by atoms with Crippen molar-refractivity contribution in [1.29, 1.82) is 0 Å². The molecule has 0 saturated carbocycles. The maximum atomic E-state index is 6.16. The number of hydrogen-bond acceptors (Lipinski definition) is 6. The van der Waals surface area contributed by atoms with E-state index in [1.807, 2.05) is 19.0 Å². The Balaban J connectivity index is 2.15. The van der Waals surface area contributed by atoms with Crippen molar-refractivity contribution in [3.8, 4) is 0 Å². The Morgan fingerprint density at radius 3 is 2.74 bits per heavy atom. The summed E-state index contributed by atoms with van der Waals surface area (Å²) in [6.07, 6.45) is 2.22. The third-order valence-electron chi connectivity index (χ3n) is 4.19. The van der Waals surface area contributed by atoms with Gasteiger partial charge in [0.15, 0.2) is 10.7 Å². The monoisotopic (exact) mass is 332 g/mol. The quantitative estimate of drug-likeness (QED) is 0.637. The minimum absolute atomic E-state index is 0.245. The van der Waals surface area contributed by atoms with Crippen molar-refractivity contribution in [2.24, 2.45) is 0 Å². The molecule has 0 unspecified atom stereocenters. The minimum atomic E-state index is -0.245. The molecule has 0 N–H and O–H groups in total. The number of furan rings is 1. The topological polar surface area (TPSA) is 64.3 Å². The summed E-state index contributed by atoms with van der Waals surface area (Å²) in [5.74, 6) is 0.853. The maximum Gasteiger partial charge on any atom is 0.231 e. The number of fused-ring (bicyclic) bond motifs is 5. The SMILES string of the molecule is CN(C)c1nc2oc3c(Cl)ncnc3c2c2c1COC(C)(C)C2. The fraction of sp³-hybridized carbons (Fsp3) is 0.438. The van der Waals surface area contributed by atoms with E-state index in [1.54, 1.807) is 0 Å². The first-order valence-corrected chi connectivity index (χ1v) is 7.81. The predicted molar refractivity (Wildman–Crippen MR) is 89.0 cm³/mol. The minimum Gasteiger partial charge on any atom is -0.433 e. The summed E-state index contributed by atoms with van der Waals surface area (Å²) in [4.78, 5) is 15.0. The van der Waals surface area contributed by atoms with Crippen molar-refractivity contribution in [3.63, 3.8) is 0 Å². The van der Waals surface area contributed by atoms with Crippen molar-refractivity contribution in [3.05, 3.63) is 22.6 Å². The lowest BCUT2D eigenvalue weighted by Gasteiger charge is -2.33. The Morgan fingerprint density at radius 1 is 1.22 bits per heavy atom. The fourth-order valence-electron chi connectivity index (χ4n) is 3.13. The Bertz CT molecular complexity index is 933. The lowest BCUT2D eigenvalue weighted by atomic mass is 9.90. The molecule has 120 valence electrons. The second kappa shape index (κ2) is 4.79. The van der Waals surface area contributed by atoms with Crippen LogP contribution >= 0.6 is 11.6 Å². The van der Waals surface area contributed by atoms with Gasteiger partial charge in [-0.2, -0.15) is 4.98 Å².